The van der Waals surface area contributed by atoms with Crippen LogP contribution in [0.1, 0.15) is 5.56 Å². The molecule has 1 amide bonds. The van der Waals surface area contributed by atoms with Gasteiger partial charge in [0.25, 0.3) is 5.91 Å². The molecule has 6 nitrogen and oxygen atoms in total. The van der Waals surface area contributed by atoms with E-state index < -0.39 is 24.3 Å². The molecule has 2 rings (SSSR count). The second-order valence-corrected chi connectivity index (χ2v) is 4.64. The fourth-order valence-electron chi connectivity index (χ4n) is 1.69. The normalized spacial score (nSPS) is 9.67. The highest BCUT2D eigenvalue weighted by Gasteiger charge is 2.09. The van der Waals surface area contributed by atoms with Gasteiger partial charge in [0.05, 0.1) is 11.6 Å². The van der Waals surface area contributed by atoms with E-state index >= 15 is 0 Å². The monoisotopic (exact) mass is 328 g/mol. The molecule has 0 atom stereocenters. The highest BCUT2D eigenvalue weighted by molar-refractivity contribution is 5.92. The fourth-order valence-corrected chi connectivity index (χ4v) is 1.69. The molecule has 0 saturated carbocycles. The van der Waals surface area contributed by atoms with Crippen molar-refractivity contribution in [2.24, 2.45) is 0 Å². The summed E-state index contributed by atoms with van der Waals surface area (Å²) in [5.74, 6) is -1.27. The predicted molar refractivity (Wildman–Crippen MR) is 82.6 cm³/mol. The summed E-state index contributed by atoms with van der Waals surface area (Å²) in [6.45, 7) is -0.845. The zero-order chi connectivity index (χ0) is 17.4. The van der Waals surface area contributed by atoms with Gasteiger partial charge < -0.3 is 14.8 Å². The molecule has 0 radical (unpaired) electrons. The van der Waals surface area contributed by atoms with E-state index in [4.69, 9.17) is 14.7 Å². The lowest BCUT2D eigenvalue weighted by Gasteiger charge is -2.08. The summed E-state index contributed by atoms with van der Waals surface area (Å²) in [5.41, 5.74) is 0.869. The van der Waals surface area contributed by atoms with Gasteiger partial charge >= 0.3 is 5.97 Å². The zero-order valence-electron chi connectivity index (χ0n) is 12.5. The number of nitriles is 1. The number of carbonyl (C=O) groups is 2. The first kappa shape index (κ1) is 17.0. The average molecular weight is 328 g/mol. The Labute approximate surface area is 137 Å². The maximum absolute atomic E-state index is 12.7. The third-order valence-electron chi connectivity index (χ3n) is 2.83. The second-order valence-electron chi connectivity index (χ2n) is 4.64. The van der Waals surface area contributed by atoms with Crippen molar-refractivity contribution in [2.75, 3.05) is 18.5 Å². The van der Waals surface area contributed by atoms with Crippen LogP contribution in [0.4, 0.5) is 10.1 Å². The number of anilines is 1. The molecule has 0 aromatic heterocycles. The van der Waals surface area contributed by atoms with Gasteiger partial charge in [-0.2, -0.15) is 5.26 Å². The molecule has 0 fully saturated rings. The maximum Gasteiger partial charge on any atom is 0.344 e. The van der Waals surface area contributed by atoms with Gasteiger partial charge in [0.2, 0.25) is 0 Å². The van der Waals surface area contributed by atoms with Crippen molar-refractivity contribution >= 4 is 17.6 Å². The molecule has 24 heavy (non-hydrogen) atoms. The molecule has 122 valence electrons. The third kappa shape index (κ3) is 5.42. The number of esters is 1. The minimum atomic E-state index is -0.714. The lowest BCUT2D eigenvalue weighted by atomic mass is 10.2. The summed E-state index contributed by atoms with van der Waals surface area (Å²) >= 11 is 0. The van der Waals surface area contributed by atoms with E-state index in [1.165, 1.54) is 24.3 Å². The molecule has 0 heterocycles. The summed E-state index contributed by atoms with van der Waals surface area (Å²) in [6, 6.07) is 13.4. The van der Waals surface area contributed by atoms with Crippen LogP contribution in [0.25, 0.3) is 0 Å². The Morgan fingerprint density at radius 3 is 2.33 bits per heavy atom. The SMILES string of the molecule is N#Cc1ccc(OCC(=O)OCC(=O)Nc2ccc(F)cc2)cc1. The van der Waals surface area contributed by atoms with Gasteiger partial charge in [-0.25, -0.2) is 9.18 Å². The van der Waals surface area contributed by atoms with E-state index in [0.29, 0.717) is 17.0 Å². The summed E-state index contributed by atoms with van der Waals surface area (Å²) in [5, 5.41) is 11.1. The molecule has 7 heteroatoms. The lowest BCUT2D eigenvalue weighted by Crippen LogP contribution is -2.23. The fraction of sp³-hybridized carbons (Fsp3) is 0.118. The largest absolute Gasteiger partial charge is 0.482 e. The number of nitrogens with one attached hydrogen (secondary N) is 1. The summed E-state index contributed by atoms with van der Waals surface area (Å²) in [7, 11) is 0. The Morgan fingerprint density at radius 1 is 1.04 bits per heavy atom. The zero-order valence-corrected chi connectivity index (χ0v) is 12.5. The van der Waals surface area contributed by atoms with Gasteiger partial charge in [0.1, 0.15) is 11.6 Å². The highest BCUT2D eigenvalue weighted by Crippen LogP contribution is 2.11. The van der Waals surface area contributed by atoms with E-state index in [2.05, 4.69) is 5.32 Å². The Morgan fingerprint density at radius 2 is 1.71 bits per heavy atom. The van der Waals surface area contributed by atoms with Crippen molar-refractivity contribution in [3.05, 3.63) is 59.9 Å². The Kier molecular flexibility index (Phi) is 5.86. The number of nitrogens with zero attached hydrogens (tertiary/aromatic N) is 1. The minimum Gasteiger partial charge on any atom is -0.482 e. The Balaban J connectivity index is 1.71. The van der Waals surface area contributed by atoms with Crippen LogP contribution in [0.15, 0.2) is 48.5 Å². The van der Waals surface area contributed by atoms with Gasteiger partial charge in [0, 0.05) is 5.69 Å². The first-order valence-electron chi connectivity index (χ1n) is 6.91. The van der Waals surface area contributed by atoms with E-state index in [1.54, 1.807) is 24.3 Å². The number of rotatable bonds is 6. The van der Waals surface area contributed by atoms with Crippen LogP contribution < -0.4 is 10.1 Å². The molecule has 0 bridgehead atoms. The van der Waals surface area contributed by atoms with Crippen molar-refractivity contribution in [2.45, 2.75) is 0 Å². The summed E-state index contributed by atoms with van der Waals surface area (Å²) in [4.78, 5) is 23.1. The van der Waals surface area contributed by atoms with Gasteiger partial charge in [-0.05, 0) is 48.5 Å². The van der Waals surface area contributed by atoms with Crippen LogP contribution in [-0.4, -0.2) is 25.1 Å². The number of hydrogen-bond donors (Lipinski definition) is 1. The second kappa shape index (κ2) is 8.29. The molecular weight excluding hydrogens is 315 g/mol. The number of benzene rings is 2. The van der Waals surface area contributed by atoms with E-state index in [0.717, 1.165) is 0 Å². The number of halogens is 1. The highest BCUT2D eigenvalue weighted by atomic mass is 19.1. The Hall–Kier alpha value is -3.40. The van der Waals surface area contributed by atoms with Crippen LogP contribution in [-0.2, 0) is 14.3 Å². The first-order valence-corrected chi connectivity index (χ1v) is 6.91. The molecule has 2 aromatic carbocycles. The molecule has 2 aromatic rings. The Bertz CT molecular complexity index is 752. The van der Waals surface area contributed by atoms with Gasteiger partial charge in [0.15, 0.2) is 13.2 Å². The summed E-state index contributed by atoms with van der Waals surface area (Å²) in [6.07, 6.45) is 0. The van der Waals surface area contributed by atoms with Crippen LogP contribution in [0.3, 0.4) is 0 Å². The first-order chi connectivity index (χ1) is 11.6. The standard InChI is InChI=1S/C17H13FN2O4/c18-13-3-5-14(6-4-13)20-16(21)10-24-17(22)11-23-15-7-1-12(9-19)2-8-15/h1-8H,10-11H2,(H,20,21). The molecule has 0 saturated heterocycles. The van der Waals surface area contributed by atoms with Crippen molar-refractivity contribution < 1.29 is 23.5 Å². The average Bonchev–Trinajstić information content (AvgIpc) is 2.60. The van der Waals surface area contributed by atoms with Crippen LogP contribution >= 0.6 is 0 Å². The van der Waals surface area contributed by atoms with E-state index in [1.807, 2.05) is 6.07 Å². The van der Waals surface area contributed by atoms with E-state index in [-0.39, 0.29) is 6.61 Å². The molecule has 0 spiro atoms. The van der Waals surface area contributed by atoms with Crippen LogP contribution in [0.2, 0.25) is 0 Å². The van der Waals surface area contributed by atoms with E-state index in [9.17, 15) is 14.0 Å². The molecule has 1 N–H and O–H groups in total. The van der Waals surface area contributed by atoms with Crippen molar-refractivity contribution in [1.82, 2.24) is 0 Å². The van der Waals surface area contributed by atoms with Crippen LogP contribution in [0.5, 0.6) is 5.75 Å². The number of amides is 1. The molecule has 0 aliphatic heterocycles. The molecule has 0 aliphatic carbocycles. The lowest BCUT2D eigenvalue weighted by molar-refractivity contribution is -0.149. The minimum absolute atomic E-state index is 0.365. The quantitative estimate of drug-likeness (QED) is 0.822. The number of ether oxygens (including phenoxy) is 2. The predicted octanol–water partition coefficient (Wildman–Crippen LogP) is 2.26. The number of carbonyl (C=O) groups excluding carboxylic acids is 2. The summed E-state index contributed by atoms with van der Waals surface area (Å²) < 4.78 is 22.7. The topological polar surface area (TPSA) is 88.4 Å². The molecule has 0 unspecified atom stereocenters. The van der Waals surface area contributed by atoms with Crippen LogP contribution in [0, 0.1) is 17.1 Å². The van der Waals surface area contributed by atoms with Gasteiger partial charge in [-0.3, -0.25) is 4.79 Å². The number of hydrogen-bond acceptors (Lipinski definition) is 5. The van der Waals surface area contributed by atoms with Gasteiger partial charge in [-0.1, -0.05) is 0 Å². The van der Waals surface area contributed by atoms with Crippen molar-refractivity contribution in [1.29, 1.82) is 5.26 Å². The van der Waals surface area contributed by atoms with Gasteiger partial charge in [-0.15, -0.1) is 0 Å². The molecular formula is C17H13FN2O4. The van der Waals surface area contributed by atoms with Crippen molar-refractivity contribution in [3.63, 3.8) is 0 Å². The molecule has 0 aliphatic rings. The smallest absolute Gasteiger partial charge is 0.344 e. The maximum atomic E-state index is 12.7. The third-order valence-corrected chi connectivity index (χ3v) is 2.83. The van der Waals surface area contributed by atoms with Crippen molar-refractivity contribution in [3.8, 4) is 11.8 Å².